The van der Waals surface area contributed by atoms with E-state index in [-0.39, 0.29) is 5.69 Å². The molecule has 2 aromatic rings. The lowest BCUT2D eigenvalue weighted by molar-refractivity contribution is -0.384. The fourth-order valence-electron chi connectivity index (χ4n) is 1.06. The Labute approximate surface area is 94.4 Å². The Kier molecular flexibility index (Phi) is 3.10. The third-order valence-corrected chi connectivity index (χ3v) is 2.81. The molecule has 8 heteroatoms. The first-order chi connectivity index (χ1) is 7.75. The van der Waals surface area contributed by atoms with Crippen LogP contribution in [0.1, 0.15) is 5.82 Å². The lowest BCUT2D eigenvalue weighted by Gasteiger charge is -1.97. The maximum atomic E-state index is 10.4. The highest BCUT2D eigenvalue weighted by atomic mass is 32.2. The second-order valence-corrected chi connectivity index (χ2v) is 3.92. The highest BCUT2D eigenvalue weighted by molar-refractivity contribution is 7.98. The number of benzene rings is 1. The first-order valence-corrected chi connectivity index (χ1v) is 5.34. The average Bonchev–Trinajstić information content (AvgIpc) is 2.80. The minimum atomic E-state index is -0.423. The topological polar surface area (TPSA) is 97.6 Å². The van der Waals surface area contributed by atoms with Crippen molar-refractivity contribution in [2.45, 2.75) is 10.6 Å². The summed E-state index contributed by atoms with van der Waals surface area (Å²) in [6.07, 6.45) is 0. The lowest BCUT2D eigenvalue weighted by atomic mass is 10.3. The SMILES string of the molecule is O=[N+]([O-])c1ccc(SCc2nn[nH]n2)cc1. The molecule has 1 aromatic heterocycles. The number of nitrogens with zero attached hydrogens (tertiary/aromatic N) is 4. The van der Waals surface area contributed by atoms with E-state index in [1.165, 1.54) is 23.9 Å². The molecule has 0 unspecified atom stereocenters. The van der Waals surface area contributed by atoms with Crippen LogP contribution in [0.3, 0.4) is 0 Å². The zero-order valence-corrected chi connectivity index (χ0v) is 8.85. The van der Waals surface area contributed by atoms with Gasteiger partial charge in [0.1, 0.15) is 0 Å². The van der Waals surface area contributed by atoms with Crippen molar-refractivity contribution in [3.05, 3.63) is 40.2 Å². The molecule has 0 aliphatic rings. The second-order valence-electron chi connectivity index (χ2n) is 2.87. The van der Waals surface area contributed by atoms with E-state index in [2.05, 4.69) is 20.6 Å². The number of hydrogen-bond acceptors (Lipinski definition) is 6. The number of nitrogens with one attached hydrogen (secondary N) is 1. The molecule has 0 atom stereocenters. The standard InChI is InChI=1S/C8H7N5O2S/c14-13(15)6-1-3-7(4-2-6)16-5-8-9-11-12-10-8/h1-4H,5H2,(H,9,10,11,12). The minimum Gasteiger partial charge on any atom is -0.258 e. The Morgan fingerprint density at radius 2 is 2.12 bits per heavy atom. The van der Waals surface area contributed by atoms with Gasteiger partial charge < -0.3 is 0 Å². The molecule has 0 spiro atoms. The van der Waals surface area contributed by atoms with Gasteiger partial charge in [0.25, 0.3) is 5.69 Å². The molecule has 1 heterocycles. The zero-order chi connectivity index (χ0) is 11.4. The van der Waals surface area contributed by atoms with Gasteiger partial charge in [-0.25, -0.2) is 0 Å². The van der Waals surface area contributed by atoms with Crippen LogP contribution in [0.2, 0.25) is 0 Å². The molecule has 1 aromatic carbocycles. The van der Waals surface area contributed by atoms with Crippen molar-refractivity contribution in [2.24, 2.45) is 0 Å². The monoisotopic (exact) mass is 237 g/mol. The molecular weight excluding hydrogens is 230 g/mol. The van der Waals surface area contributed by atoms with Crippen LogP contribution in [0, 0.1) is 10.1 Å². The number of rotatable bonds is 4. The largest absolute Gasteiger partial charge is 0.269 e. The molecule has 82 valence electrons. The highest BCUT2D eigenvalue weighted by Gasteiger charge is 2.05. The summed E-state index contributed by atoms with van der Waals surface area (Å²) < 4.78 is 0. The van der Waals surface area contributed by atoms with Gasteiger partial charge in [-0.1, -0.05) is 5.21 Å². The minimum absolute atomic E-state index is 0.0870. The van der Waals surface area contributed by atoms with Gasteiger partial charge in [-0.3, -0.25) is 10.1 Å². The number of nitro groups is 1. The molecular formula is C8H7N5O2S. The first kappa shape index (κ1) is 10.6. The van der Waals surface area contributed by atoms with Gasteiger partial charge in [0.2, 0.25) is 0 Å². The number of aromatic amines is 1. The maximum Gasteiger partial charge on any atom is 0.269 e. The summed E-state index contributed by atoms with van der Waals surface area (Å²) in [5.74, 6) is 1.18. The number of nitro benzene ring substituents is 1. The van der Waals surface area contributed by atoms with Gasteiger partial charge in [-0.15, -0.1) is 22.0 Å². The summed E-state index contributed by atoms with van der Waals surface area (Å²) in [5.41, 5.74) is 0.0870. The number of aromatic nitrogens is 4. The molecule has 7 nitrogen and oxygen atoms in total. The number of thioether (sulfide) groups is 1. The molecule has 16 heavy (non-hydrogen) atoms. The van der Waals surface area contributed by atoms with E-state index in [1.807, 2.05) is 0 Å². The van der Waals surface area contributed by atoms with Gasteiger partial charge in [0.15, 0.2) is 5.82 Å². The summed E-state index contributed by atoms with van der Waals surface area (Å²) in [5, 5.41) is 23.8. The first-order valence-electron chi connectivity index (χ1n) is 4.35. The summed E-state index contributed by atoms with van der Waals surface area (Å²) in [4.78, 5) is 10.9. The molecule has 0 aliphatic carbocycles. The van der Waals surface area contributed by atoms with Crippen LogP contribution in [-0.4, -0.2) is 25.5 Å². The molecule has 2 rings (SSSR count). The second kappa shape index (κ2) is 4.71. The van der Waals surface area contributed by atoms with Gasteiger partial charge in [0.05, 0.1) is 10.7 Å². The van der Waals surface area contributed by atoms with Crippen LogP contribution < -0.4 is 0 Å². The van der Waals surface area contributed by atoms with E-state index in [0.717, 1.165) is 4.90 Å². The van der Waals surface area contributed by atoms with Crippen molar-refractivity contribution >= 4 is 17.4 Å². The average molecular weight is 237 g/mol. The van der Waals surface area contributed by atoms with Crippen LogP contribution in [0.25, 0.3) is 0 Å². The number of tetrazole rings is 1. The Bertz CT molecular complexity index is 470. The van der Waals surface area contributed by atoms with Crippen molar-refractivity contribution in [3.63, 3.8) is 0 Å². The Morgan fingerprint density at radius 3 is 2.69 bits per heavy atom. The van der Waals surface area contributed by atoms with Gasteiger partial charge in [-0.2, -0.15) is 5.21 Å². The van der Waals surface area contributed by atoms with E-state index in [0.29, 0.717) is 11.6 Å². The third-order valence-electron chi connectivity index (χ3n) is 1.80. The lowest BCUT2D eigenvalue weighted by Crippen LogP contribution is -1.87. The van der Waals surface area contributed by atoms with E-state index >= 15 is 0 Å². The van der Waals surface area contributed by atoms with Crippen molar-refractivity contribution in [1.82, 2.24) is 20.6 Å². The molecule has 0 saturated carbocycles. The van der Waals surface area contributed by atoms with Gasteiger partial charge in [0, 0.05) is 17.0 Å². The van der Waals surface area contributed by atoms with Gasteiger partial charge >= 0.3 is 0 Å². The normalized spacial score (nSPS) is 10.2. The van der Waals surface area contributed by atoms with E-state index in [4.69, 9.17) is 0 Å². The third kappa shape index (κ3) is 2.54. The number of H-pyrrole nitrogens is 1. The van der Waals surface area contributed by atoms with Crippen molar-refractivity contribution in [3.8, 4) is 0 Å². The molecule has 0 aliphatic heterocycles. The molecule has 0 amide bonds. The molecule has 1 N–H and O–H groups in total. The van der Waals surface area contributed by atoms with Crippen molar-refractivity contribution in [2.75, 3.05) is 0 Å². The van der Waals surface area contributed by atoms with Gasteiger partial charge in [-0.05, 0) is 12.1 Å². The Hall–Kier alpha value is -1.96. The van der Waals surface area contributed by atoms with E-state index in [1.54, 1.807) is 12.1 Å². The highest BCUT2D eigenvalue weighted by Crippen LogP contribution is 2.23. The zero-order valence-electron chi connectivity index (χ0n) is 8.03. The summed E-state index contributed by atoms with van der Waals surface area (Å²) >= 11 is 1.49. The fraction of sp³-hybridized carbons (Fsp3) is 0.125. The molecule has 0 fully saturated rings. The molecule has 0 saturated heterocycles. The number of hydrogen-bond donors (Lipinski definition) is 1. The Morgan fingerprint density at radius 1 is 1.38 bits per heavy atom. The van der Waals surface area contributed by atoms with E-state index < -0.39 is 4.92 Å². The van der Waals surface area contributed by atoms with Crippen LogP contribution >= 0.6 is 11.8 Å². The maximum absolute atomic E-state index is 10.4. The molecule has 0 bridgehead atoms. The summed E-state index contributed by atoms with van der Waals surface area (Å²) in [6.45, 7) is 0. The fourth-order valence-corrected chi connectivity index (χ4v) is 1.80. The predicted octanol–water partition coefficient (Wildman–Crippen LogP) is 1.40. The smallest absolute Gasteiger partial charge is 0.258 e. The van der Waals surface area contributed by atoms with Crippen LogP contribution in [-0.2, 0) is 5.75 Å². The van der Waals surface area contributed by atoms with Crippen LogP contribution in [0.5, 0.6) is 0 Å². The van der Waals surface area contributed by atoms with Crippen LogP contribution in [0.15, 0.2) is 29.2 Å². The van der Waals surface area contributed by atoms with Crippen molar-refractivity contribution in [1.29, 1.82) is 0 Å². The summed E-state index contributed by atoms with van der Waals surface area (Å²) in [6, 6.07) is 6.34. The quantitative estimate of drug-likeness (QED) is 0.490. The summed E-state index contributed by atoms with van der Waals surface area (Å²) in [7, 11) is 0. The van der Waals surface area contributed by atoms with Crippen molar-refractivity contribution < 1.29 is 4.92 Å². The van der Waals surface area contributed by atoms with Crippen LogP contribution in [0.4, 0.5) is 5.69 Å². The molecule has 0 radical (unpaired) electrons. The Balaban J connectivity index is 1.98. The van der Waals surface area contributed by atoms with E-state index in [9.17, 15) is 10.1 Å². The number of non-ortho nitro benzene ring substituents is 1. The predicted molar refractivity (Wildman–Crippen MR) is 56.8 cm³/mol.